The third-order valence-electron chi connectivity index (χ3n) is 2.40. The number of aryl methyl sites for hydroxylation is 1. The van der Waals surface area contributed by atoms with E-state index in [1.807, 2.05) is 6.07 Å². The predicted octanol–water partition coefficient (Wildman–Crippen LogP) is 5.04. The topological polar surface area (TPSA) is 12.4 Å². The van der Waals surface area contributed by atoms with Crippen LogP contribution in [0.1, 0.15) is 18.9 Å². The highest BCUT2D eigenvalue weighted by molar-refractivity contribution is 8.29. The highest BCUT2D eigenvalue weighted by Crippen LogP contribution is 2.26. The van der Waals surface area contributed by atoms with Crippen LogP contribution >= 0.6 is 11.2 Å². The summed E-state index contributed by atoms with van der Waals surface area (Å²) in [5, 5.41) is 0.557. The van der Waals surface area contributed by atoms with Crippen molar-refractivity contribution in [1.82, 2.24) is 0 Å². The third-order valence-corrected chi connectivity index (χ3v) is 6.90. The van der Waals surface area contributed by atoms with Crippen molar-refractivity contribution in [3.63, 3.8) is 0 Å². The number of rotatable bonds is 5. The van der Waals surface area contributed by atoms with Crippen molar-refractivity contribution >= 4 is 30.3 Å². The van der Waals surface area contributed by atoms with E-state index >= 15 is 0 Å². The minimum absolute atomic E-state index is 0.557. The number of aliphatic imine (C=N–C) groups is 1. The second kappa shape index (κ2) is 6.41. The van der Waals surface area contributed by atoms with E-state index in [2.05, 4.69) is 74.1 Å². The van der Waals surface area contributed by atoms with E-state index in [1.165, 1.54) is 5.56 Å². The van der Waals surface area contributed by atoms with Crippen LogP contribution in [-0.4, -0.2) is 18.7 Å². The Labute approximate surface area is 110 Å². The fourth-order valence-corrected chi connectivity index (χ4v) is 6.15. The van der Waals surface area contributed by atoms with Gasteiger partial charge in [-0.15, -0.1) is 0 Å². The van der Waals surface area contributed by atoms with E-state index in [1.54, 1.807) is 0 Å². The Kier molecular flexibility index (Phi) is 5.47. The number of benzene rings is 1. The Morgan fingerprint density at radius 2 is 1.94 bits per heavy atom. The van der Waals surface area contributed by atoms with Gasteiger partial charge in [0, 0.05) is 11.5 Å². The van der Waals surface area contributed by atoms with E-state index in [4.69, 9.17) is 0 Å². The van der Waals surface area contributed by atoms with E-state index in [0.29, 0.717) is 5.25 Å². The Bertz CT molecular complexity index is 382. The Hall–Kier alpha value is -0.543. The Morgan fingerprint density at radius 1 is 1.29 bits per heavy atom. The summed E-state index contributed by atoms with van der Waals surface area (Å²) in [7, 11) is -1.07. The molecule has 0 aliphatic carbocycles. The van der Waals surface area contributed by atoms with Gasteiger partial charge < -0.3 is 0 Å². The van der Waals surface area contributed by atoms with Gasteiger partial charge in [-0.2, -0.15) is 11.2 Å². The summed E-state index contributed by atoms with van der Waals surface area (Å²) in [6.07, 6.45) is 3.29. The zero-order valence-electron chi connectivity index (χ0n) is 11.5. The molecule has 0 fully saturated rings. The van der Waals surface area contributed by atoms with Crippen LogP contribution in [0, 0.1) is 6.92 Å². The summed E-state index contributed by atoms with van der Waals surface area (Å²) in [6.45, 7) is 11.5. The molecule has 0 radical (unpaired) electrons. The Morgan fingerprint density at radius 3 is 2.47 bits per heavy atom. The van der Waals surface area contributed by atoms with Crippen molar-refractivity contribution in [3.05, 3.63) is 29.8 Å². The molecular weight excluding hydrogens is 242 g/mol. The molecule has 0 aliphatic heterocycles. The molecule has 0 aliphatic rings. The summed E-state index contributed by atoms with van der Waals surface area (Å²) >= 11 is 2.12. The predicted molar refractivity (Wildman–Crippen MR) is 84.3 cm³/mol. The summed E-state index contributed by atoms with van der Waals surface area (Å²) in [4.78, 5) is 4.64. The monoisotopic (exact) mass is 265 g/mol. The number of para-hydroxylation sites is 1. The van der Waals surface area contributed by atoms with E-state index in [0.717, 1.165) is 12.1 Å². The Balaban J connectivity index is 2.72. The average Bonchev–Trinajstić information content (AvgIpc) is 2.24. The van der Waals surface area contributed by atoms with Gasteiger partial charge in [0.05, 0.1) is 5.69 Å². The van der Waals surface area contributed by atoms with Crippen LogP contribution in [0.25, 0.3) is 0 Å². The van der Waals surface area contributed by atoms with Gasteiger partial charge in [-0.25, -0.2) is 0 Å². The molecule has 1 nitrogen and oxygen atoms in total. The van der Waals surface area contributed by atoms with E-state index in [9.17, 15) is 0 Å². The van der Waals surface area contributed by atoms with Gasteiger partial charge in [-0.3, -0.25) is 4.99 Å². The molecule has 0 amide bonds. The number of hydrogen-bond donors (Lipinski definition) is 0. The van der Waals surface area contributed by atoms with Gasteiger partial charge in [0.15, 0.2) is 0 Å². The minimum Gasteiger partial charge on any atom is -0.260 e. The smallest absolute Gasteiger partial charge is 0.109 e. The normalized spacial score (nSPS) is 14.2. The van der Waals surface area contributed by atoms with Crippen LogP contribution in [0.3, 0.4) is 0 Å². The van der Waals surface area contributed by atoms with Crippen LogP contribution in [0.15, 0.2) is 29.3 Å². The van der Waals surface area contributed by atoms with Crippen molar-refractivity contribution < 1.29 is 0 Å². The first-order chi connectivity index (χ1) is 7.92. The van der Waals surface area contributed by atoms with Gasteiger partial charge in [-0.05, 0) is 25.0 Å². The molecule has 94 valence electrons. The molecular formula is C14H23NSSi. The first kappa shape index (κ1) is 14.5. The molecule has 17 heavy (non-hydrogen) atoms. The molecule has 1 aromatic carbocycles. The standard InChI is InChI=1S/C14H23NSSi/c1-6-13(16-17(3,4)5)11-15-14-10-8-7-9-12(14)2/h7-11,13H,6H2,1-5H3/b15-11+. The summed E-state index contributed by atoms with van der Waals surface area (Å²) in [5.41, 5.74) is 2.35. The maximum absolute atomic E-state index is 4.64. The molecule has 0 N–H and O–H groups in total. The minimum atomic E-state index is -1.07. The zero-order valence-corrected chi connectivity index (χ0v) is 13.3. The third kappa shape index (κ3) is 5.55. The summed E-state index contributed by atoms with van der Waals surface area (Å²) < 4.78 is 0. The second-order valence-corrected chi connectivity index (χ2v) is 14.7. The number of nitrogens with zero attached hydrogens (tertiary/aromatic N) is 1. The van der Waals surface area contributed by atoms with Crippen LogP contribution in [-0.2, 0) is 0 Å². The molecule has 0 aromatic heterocycles. The maximum atomic E-state index is 4.64. The molecule has 1 atom stereocenters. The van der Waals surface area contributed by atoms with Gasteiger partial charge in [0.1, 0.15) is 7.22 Å². The molecule has 3 heteroatoms. The zero-order chi connectivity index (χ0) is 12.9. The van der Waals surface area contributed by atoms with Gasteiger partial charge in [0.2, 0.25) is 0 Å². The molecule has 1 unspecified atom stereocenters. The van der Waals surface area contributed by atoms with Crippen LogP contribution in [0.5, 0.6) is 0 Å². The lowest BCUT2D eigenvalue weighted by atomic mass is 10.2. The van der Waals surface area contributed by atoms with Crippen molar-refractivity contribution in [2.24, 2.45) is 4.99 Å². The van der Waals surface area contributed by atoms with Gasteiger partial charge in [-0.1, -0.05) is 44.8 Å². The van der Waals surface area contributed by atoms with Crippen LogP contribution in [0.2, 0.25) is 19.6 Å². The van der Waals surface area contributed by atoms with Gasteiger partial charge in [0.25, 0.3) is 0 Å². The molecule has 0 saturated carbocycles. The van der Waals surface area contributed by atoms with E-state index < -0.39 is 7.22 Å². The van der Waals surface area contributed by atoms with E-state index in [-0.39, 0.29) is 0 Å². The molecule has 1 rings (SSSR count). The first-order valence-electron chi connectivity index (χ1n) is 6.20. The highest BCUT2D eigenvalue weighted by atomic mass is 32.4. The van der Waals surface area contributed by atoms with Crippen LogP contribution < -0.4 is 0 Å². The SMILES string of the molecule is CCC(/C=N/c1ccccc1C)S[Si](C)(C)C. The molecule has 0 bridgehead atoms. The van der Waals surface area contributed by atoms with Crippen molar-refractivity contribution in [2.45, 2.75) is 45.2 Å². The molecule has 0 heterocycles. The van der Waals surface area contributed by atoms with Gasteiger partial charge >= 0.3 is 0 Å². The molecule has 0 spiro atoms. The molecule has 0 saturated heterocycles. The largest absolute Gasteiger partial charge is 0.260 e. The average molecular weight is 265 g/mol. The fraction of sp³-hybridized carbons (Fsp3) is 0.500. The summed E-state index contributed by atoms with van der Waals surface area (Å²) in [5.74, 6) is 0. The lowest BCUT2D eigenvalue weighted by Crippen LogP contribution is -2.20. The second-order valence-electron chi connectivity index (χ2n) is 5.24. The van der Waals surface area contributed by atoms with Crippen LogP contribution in [0.4, 0.5) is 5.69 Å². The lowest BCUT2D eigenvalue weighted by Gasteiger charge is -2.20. The quantitative estimate of drug-likeness (QED) is 0.536. The summed E-state index contributed by atoms with van der Waals surface area (Å²) in [6, 6.07) is 8.30. The fourth-order valence-electron chi connectivity index (χ4n) is 1.55. The first-order valence-corrected chi connectivity index (χ1v) is 11.3. The van der Waals surface area contributed by atoms with Crippen molar-refractivity contribution in [3.8, 4) is 0 Å². The highest BCUT2D eigenvalue weighted by Gasteiger charge is 2.18. The molecule has 1 aromatic rings. The van der Waals surface area contributed by atoms with Crippen molar-refractivity contribution in [1.29, 1.82) is 0 Å². The maximum Gasteiger partial charge on any atom is 0.109 e. The van der Waals surface area contributed by atoms with Crippen molar-refractivity contribution in [2.75, 3.05) is 0 Å². The lowest BCUT2D eigenvalue weighted by molar-refractivity contribution is 1.03. The number of hydrogen-bond acceptors (Lipinski definition) is 2.